The minimum absolute atomic E-state index is 0.608. The molecule has 4 rings (SSSR count). The van der Waals surface area contributed by atoms with Crippen LogP contribution in [0.4, 0.5) is 0 Å². The molecule has 0 aliphatic heterocycles. The summed E-state index contributed by atoms with van der Waals surface area (Å²) in [7, 11) is 0. The molecule has 0 atom stereocenters. The summed E-state index contributed by atoms with van der Waals surface area (Å²) in [6.45, 7) is 0. The van der Waals surface area contributed by atoms with Crippen LogP contribution in [0.25, 0.3) is 22.2 Å². The molecule has 0 radical (unpaired) electrons. The lowest BCUT2D eigenvalue weighted by atomic mass is 10.0. The second kappa shape index (κ2) is 5.27. The number of H-pyrrole nitrogens is 1. The smallest absolute Gasteiger partial charge is 0.205 e. The number of nitrogens with one attached hydrogen (secondary N) is 1. The summed E-state index contributed by atoms with van der Waals surface area (Å²) in [6, 6.07) is 12.4. The van der Waals surface area contributed by atoms with Crippen LogP contribution >= 0.6 is 23.1 Å². The lowest BCUT2D eigenvalue weighted by Crippen LogP contribution is -1.85. The Kier molecular flexibility index (Phi) is 3.13. The fourth-order valence-corrected chi connectivity index (χ4v) is 3.92. The van der Waals surface area contributed by atoms with Gasteiger partial charge in [0, 0.05) is 22.0 Å². The Labute approximate surface area is 128 Å². The van der Waals surface area contributed by atoms with Crippen molar-refractivity contribution in [2.75, 3.05) is 0 Å². The molecule has 21 heavy (non-hydrogen) atoms. The average molecular weight is 311 g/mol. The predicted molar refractivity (Wildman–Crippen MR) is 83.4 cm³/mol. The number of rotatable bonds is 3. The molecule has 2 aromatic carbocycles. The van der Waals surface area contributed by atoms with Gasteiger partial charge in [0.05, 0.1) is 0 Å². The fraction of sp³-hybridized carbons (Fsp3) is 0. The Morgan fingerprint density at radius 1 is 1.05 bits per heavy atom. The summed E-state index contributed by atoms with van der Waals surface area (Å²) in [6.07, 6.45) is 1.82. The van der Waals surface area contributed by atoms with Gasteiger partial charge in [0.15, 0.2) is 4.34 Å². The van der Waals surface area contributed by atoms with Crippen LogP contribution < -0.4 is 0 Å². The zero-order valence-electron chi connectivity index (χ0n) is 10.7. The van der Waals surface area contributed by atoms with E-state index in [1.54, 1.807) is 23.1 Å². The highest BCUT2D eigenvalue weighted by atomic mass is 32.2. The van der Waals surface area contributed by atoms with Gasteiger partial charge < -0.3 is 0 Å². The second-order valence-electron chi connectivity index (χ2n) is 4.29. The summed E-state index contributed by atoms with van der Waals surface area (Å²) >= 11 is 3.31. The van der Waals surface area contributed by atoms with Crippen LogP contribution in [-0.2, 0) is 0 Å². The highest BCUT2D eigenvalue weighted by molar-refractivity contribution is 8.01. The number of hydrogen-bond acceptors (Lipinski definition) is 6. The molecule has 4 aromatic rings. The monoisotopic (exact) mass is 311 g/mol. The molecule has 1 N–H and O–H groups in total. The SMILES string of the molecule is c1cc(-c2nn[nH]n2)c2cccc(Sc3nccs3)c2c1. The minimum atomic E-state index is 0.608. The van der Waals surface area contributed by atoms with E-state index in [-0.39, 0.29) is 0 Å². The summed E-state index contributed by atoms with van der Waals surface area (Å²) in [4.78, 5) is 5.51. The molecule has 5 nitrogen and oxygen atoms in total. The van der Waals surface area contributed by atoms with Gasteiger partial charge in [-0.3, -0.25) is 0 Å². The van der Waals surface area contributed by atoms with Crippen molar-refractivity contribution in [2.45, 2.75) is 9.24 Å². The topological polar surface area (TPSA) is 67.3 Å². The van der Waals surface area contributed by atoms with Crippen molar-refractivity contribution < 1.29 is 0 Å². The van der Waals surface area contributed by atoms with E-state index in [2.05, 4.69) is 43.8 Å². The van der Waals surface area contributed by atoms with Gasteiger partial charge in [-0.1, -0.05) is 42.1 Å². The number of fused-ring (bicyclic) bond motifs is 1. The normalized spacial score (nSPS) is 11.0. The lowest BCUT2D eigenvalue weighted by Gasteiger charge is -2.07. The summed E-state index contributed by atoms with van der Waals surface area (Å²) < 4.78 is 1.03. The van der Waals surface area contributed by atoms with Crippen molar-refractivity contribution in [1.29, 1.82) is 0 Å². The molecule has 0 amide bonds. The third-order valence-corrected chi connectivity index (χ3v) is 5.03. The molecule has 2 heterocycles. The number of aromatic amines is 1. The molecular weight excluding hydrogens is 302 g/mol. The molecule has 7 heteroatoms. The minimum Gasteiger partial charge on any atom is -0.238 e. The third kappa shape index (κ3) is 2.30. The van der Waals surface area contributed by atoms with E-state index in [1.165, 1.54) is 10.3 Å². The van der Waals surface area contributed by atoms with Gasteiger partial charge in [0.25, 0.3) is 0 Å². The maximum absolute atomic E-state index is 4.33. The zero-order valence-corrected chi connectivity index (χ0v) is 12.4. The second-order valence-corrected chi connectivity index (χ2v) is 6.48. The van der Waals surface area contributed by atoms with Crippen LogP contribution in [0.1, 0.15) is 0 Å². The molecule has 0 aliphatic carbocycles. The Morgan fingerprint density at radius 3 is 2.76 bits per heavy atom. The molecular formula is C14H9N5S2. The third-order valence-electron chi connectivity index (χ3n) is 3.08. The maximum atomic E-state index is 4.33. The molecule has 0 saturated carbocycles. The van der Waals surface area contributed by atoms with Crippen molar-refractivity contribution in [3.63, 3.8) is 0 Å². The first-order valence-corrected chi connectivity index (χ1v) is 7.94. The van der Waals surface area contributed by atoms with Gasteiger partial charge in [-0.15, -0.1) is 21.5 Å². The van der Waals surface area contributed by atoms with Gasteiger partial charge in [-0.05, 0) is 22.1 Å². The fourth-order valence-electron chi connectivity index (χ4n) is 2.20. The van der Waals surface area contributed by atoms with Gasteiger partial charge in [0.1, 0.15) is 0 Å². The average Bonchev–Trinajstić information content (AvgIpc) is 3.20. The zero-order chi connectivity index (χ0) is 14.1. The van der Waals surface area contributed by atoms with Crippen LogP contribution in [0.15, 0.2) is 57.2 Å². The summed E-state index contributed by atoms with van der Waals surface area (Å²) in [5.41, 5.74) is 0.975. The van der Waals surface area contributed by atoms with Crippen molar-refractivity contribution in [2.24, 2.45) is 0 Å². The van der Waals surface area contributed by atoms with Crippen LogP contribution in [0.2, 0.25) is 0 Å². The highest BCUT2D eigenvalue weighted by Gasteiger charge is 2.11. The standard InChI is InChI=1S/C14H9N5S2/c1-4-10-9(11(5-1)13-16-18-19-17-13)3-2-6-12(10)21-14-15-7-8-20-14/h1-8H,(H,16,17,18,19). The van der Waals surface area contributed by atoms with E-state index in [9.17, 15) is 0 Å². The number of hydrogen-bond donors (Lipinski definition) is 1. The summed E-state index contributed by atoms with van der Waals surface area (Å²) in [5, 5.41) is 18.6. The molecule has 0 unspecified atom stereocenters. The number of thiazole rings is 1. The van der Waals surface area contributed by atoms with Crippen molar-refractivity contribution in [1.82, 2.24) is 25.6 Å². The van der Waals surface area contributed by atoms with Crippen LogP contribution in [0.5, 0.6) is 0 Å². The van der Waals surface area contributed by atoms with Crippen molar-refractivity contribution in [3.8, 4) is 11.4 Å². The van der Waals surface area contributed by atoms with Gasteiger partial charge in [0.2, 0.25) is 5.82 Å². The van der Waals surface area contributed by atoms with E-state index in [0.29, 0.717) is 5.82 Å². The number of tetrazole rings is 1. The highest BCUT2D eigenvalue weighted by Crippen LogP contribution is 2.36. The van der Waals surface area contributed by atoms with E-state index in [4.69, 9.17) is 0 Å². The molecule has 0 spiro atoms. The molecule has 2 aromatic heterocycles. The summed E-state index contributed by atoms with van der Waals surface area (Å²) in [5.74, 6) is 0.608. The number of aromatic nitrogens is 5. The molecule has 0 fully saturated rings. The van der Waals surface area contributed by atoms with Crippen LogP contribution in [0, 0.1) is 0 Å². The van der Waals surface area contributed by atoms with Gasteiger partial charge in [-0.2, -0.15) is 5.21 Å². The van der Waals surface area contributed by atoms with Crippen molar-refractivity contribution >= 4 is 33.9 Å². The first-order chi connectivity index (χ1) is 10.4. The number of nitrogens with zero attached hydrogens (tertiary/aromatic N) is 4. The molecule has 0 aliphatic rings. The lowest BCUT2D eigenvalue weighted by molar-refractivity contribution is 0.881. The van der Waals surface area contributed by atoms with Crippen LogP contribution in [-0.4, -0.2) is 25.6 Å². The number of benzene rings is 2. The quantitative estimate of drug-likeness (QED) is 0.626. The maximum Gasteiger partial charge on any atom is 0.205 e. The first-order valence-electron chi connectivity index (χ1n) is 6.25. The van der Waals surface area contributed by atoms with Crippen LogP contribution in [0.3, 0.4) is 0 Å². The first kappa shape index (κ1) is 12.5. The Bertz CT molecular complexity index is 872. The predicted octanol–water partition coefficient (Wildman–Crippen LogP) is 3.63. The Morgan fingerprint density at radius 2 is 1.95 bits per heavy atom. The van der Waals surface area contributed by atoms with Gasteiger partial charge in [-0.25, -0.2) is 4.98 Å². The van der Waals surface area contributed by atoms with Gasteiger partial charge >= 0.3 is 0 Å². The van der Waals surface area contributed by atoms with E-state index in [0.717, 1.165) is 15.3 Å². The van der Waals surface area contributed by atoms with E-state index < -0.39 is 0 Å². The van der Waals surface area contributed by atoms with E-state index >= 15 is 0 Å². The molecule has 102 valence electrons. The van der Waals surface area contributed by atoms with Crippen molar-refractivity contribution in [3.05, 3.63) is 48.0 Å². The molecule has 0 bridgehead atoms. The Hall–Kier alpha value is -2.25. The Balaban J connectivity index is 1.88. The van der Waals surface area contributed by atoms with E-state index in [1.807, 2.05) is 29.8 Å². The largest absolute Gasteiger partial charge is 0.238 e. The molecule has 0 saturated heterocycles.